The van der Waals surface area contributed by atoms with Crippen molar-refractivity contribution in [3.05, 3.63) is 42.6 Å². The summed E-state index contributed by atoms with van der Waals surface area (Å²) in [6.07, 6.45) is 3.99. The standard InChI is InChI=1S/C19H21N5O3S/c1-4-27-9-6-8-20-18-21-12-13(17(24-18)15-7-5-10-28-15)14-11-16(25-2)23-19(22-14)26-3/h4-5,7,10-12H,1,6,8-9H2,2-3H3,(H,20,21,24). The van der Waals surface area contributed by atoms with E-state index in [0.717, 1.165) is 22.6 Å². The molecule has 0 amide bonds. The molecule has 3 heterocycles. The quantitative estimate of drug-likeness (QED) is 0.408. The Morgan fingerprint density at radius 3 is 2.82 bits per heavy atom. The maximum absolute atomic E-state index is 5.26. The molecular weight excluding hydrogens is 378 g/mol. The summed E-state index contributed by atoms with van der Waals surface area (Å²) in [4.78, 5) is 18.7. The highest BCUT2D eigenvalue weighted by atomic mass is 32.1. The van der Waals surface area contributed by atoms with E-state index in [-0.39, 0.29) is 6.01 Å². The molecule has 0 aliphatic rings. The minimum absolute atomic E-state index is 0.218. The Hall–Kier alpha value is -3.20. The molecule has 3 aromatic heterocycles. The van der Waals surface area contributed by atoms with Crippen LogP contribution in [0.1, 0.15) is 6.42 Å². The Bertz CT molecular complexity index is 896. The maximum atomic E-state index is 5.26. The lowest BCUT2D eigenvalue weighted by Crippen LogP contribution is -2.08. The molecule has 0 unspecified atom stereocenters. The second-order valence-corrected chi connectivity index (χ2v) is 6.48. The summed E-state index contributed by atoms with van der Waals surface area (Å²) in [6.45, 7) is 4.80. The van der Waals surface area contributed by atoms with E-state index in [9.17, 15) is 0 Å². The average Bonchev–Trinajstić information content (AvgIpc) is 3.28. The molecule has 3 rings (SSSR count). The monoisotopic (exact) mass is 399 g/mol. The van der Waals surface area contributed by atoms with Crippen molar-refractivity contribution in [1.82, 2.24) is 19.9 Å². The predicted octanol–water partition coefficient (Wildman–Crippen LogP) is 3.64. The van der Waals surface area contributed by atoms with Crippen LogP contribution in [-0.4, -0.2) is 47.3 Å². The zero-order valence-corrected chi connectivity index (χ0v) is 16.5. The van der Waals surface area contributed by atoms with Gasteiger partial charge in [0, 0.05) is 24.4 Å². The Morgan fingerprint density at radius 2 is 2.11 bits per heavy atom. The molecule has 0 atom stereocenters. The van der Waals surface area contributed by atoms with Gasteiger partial charge in [-0.3, -0.25) is 0 Å². The number of ether oxygens (including phenoxy) is 3. The fourth-order valence-corrected chi connectivity index (χ4v) is 3.16. The second-order valence-electron chi connectivity index (χ2n) is 5.53. The minimum Gasteiger partial charge on any atom is -0.502 e. The normalized spacial score (nSPS) is 10.4. The number of hydrogen-bond donors (Lipinski definition) is 1. The van der Waals surface area contributed by atoms with Gasteiger partial charge in [-0.1, -0.05) is 12.6 Å². The summed E-state index contributed by atoms with van der Waals surface area (Å²) in [5, 5.41) is 5.22. The number of aromatic nitrogens is 4. The van der Waals surface area contributed by atoms with Crippen LogP contribution >= 0.6 is 11.3 Å². The van der Waals surface area contributed by atoms with Crippen LogP contribution in [0.25, 0.3) is 21.8 Å². The van der Waals surface area contributed by atoms with Crippen molar-refractivity contribution in [3.8, 4) is 33.7 Å². The smallest absolute Gasteiger partial charge is 0.320 e. The molecule has 0 saturated heterocycles. The van der Waals surface area contributed by atoms with Crippen molar-refractivity contribution in [2.75, 3.05) is 32.7 Å². The Labute approximate surface area is 167 Å². The van der Waals surface area contributed by atoms with Crippen LogP contribution in [0.5, 0.6) is 11.9 Å². The predicted molar refractivity (Wildman–Crippen MR) is 109 cm³/mol. The summed E-state index contributed by atoms with van der Waals surface area (Å²) in [7, 11) is 3.06. The topological polar surface area (TPSA) is 91.3 Å². The SMILES string of the molecule is C=COCCCNc1ncc(-c2cc(OC)nc(OC)n2)c(-c2cccs2)n1. The van der Waals surface area contributed by atoms with Crippen LogP contribution in [0.4, 0.5) is 5.95 Å². The Balaban J connectivity index is 1.94. The molecule has 0 radical (unpaired) electrons. The third kappa shape index (κ3) is 4.74. The van der Waals surface area contributed by atoms with Crippen LogP contribution in [-0.2, 0) is 4.74 Å². The molecule has 146 valence electrons. The summed E-state index contributed by atoms with van der Waals surface area (Å²) in [6, 6.07) is 5.94. The number of nitrogens with zero attached hydrogens (tertiary/aromatic N) is 4. The lowest BCUT2D eigenvalue weighted by molar-refractivity contribution is 0.249. The van der Waals surface area contributed by atoms with Crippen LogP contribution in [0.3, 0.4) is 0 Å². The largest absolute Gasteiger partial charge is 0.502 e. The molecule has 1 N–H and O–H groups in total. The fourth-order valence-electron chi connectivity index (χ4n) is 2.43. The van der Waals surface area contributed by atoms with Crippen molar-refractivity contribution >= 4 is 17.3 Å². The molecular formula is C19H21N5O3S. The number of anilines is 1. The first-order valence-corrected chi connectivity index (χ1v) is 9.48. The van der Waals surface area contributed by atoms with Gasteiger partial charge in [0.15, 0.2) is 0 Å². The van der Waals surface area contributed by atoms with E-state index in [4.69, 9.17) is 19.2 Å². The van der Waals surface area contributed by atoms with Gasteiger partial charge in [0.1, 0.15) is 0 Å². The first-order valence-electron chi connectivity index (χ1n) is 8.60. The van der Waals surface area contributed by atoms with E-state index in [1.165, 1.54) is 13.4 Å². The third-order valence-electron chi connectivity index (χ3n) is 3.73. The van der Waals surface area contributed by atoms with E-state index in [0.29, 0.717) is 30.7 Å². The highest BCUT2D eigenvalue weighted by Crippen LogP contribution is 2.34. The van der Waals surface area contributed by atoms with E-state index in [1.807, 2.05) is 17.5 Å². The van der Waals surface area contributed by atoms with Crippen LogP contribution < -0.4 is 14.8 Å². The molecule has 0 aliphatic carbocycles. The van der Waals surface area contributed by atoms with Gasteiger partial charge in [-0.25, -0.2) is 9.97 Å². The number of rotatable bonds is 10. The molecule has 3 aromatic rings. The molecule has 0 saturated carbocycles. The highest BCUT2D eigenvalue weighted by Gasteiger charge is 2.16. The lowest BCUT2D eigenvalue weighted by atomic mass is 10.1. The summed E-state index contributed by atoms with van der Waals surface area (Å²) >= 11 is 1.59. The van der Waals surface area contributed by atoms with Crippen molar-refractivity contribution in [1.29, 1.82) is 0 Å². The van der Waals surface area contributed by atoms with Crippen molar-refractivity contribution in [2.24, 2.45) is 0 Å². The number of thiophene rings is 1. The number of methoxy groups -OCH3 is 2. The van der Waals surface area contributed by atoms with Gasteiger partial charge in [-0.2, -0.15) is 9.97 Å². The Morgan fingerprint density at radius 1 is 1.21 bits per heavy atom. The van der Waals surface area contributed by atoms with Gasteiger partial charge < -0.3 is 19.5 Å². The van der Waals surface area contributed by atoms with Crippen molar-refractivity contribution in [3.63, 3.8) is 0 Å². The molecule has 28 heavy (non-hydrogen) atoms. The van der Waals surface area contributed by atoms with Crippen LogP contribution in [0.15, 0.2) is 42.6 Å². The van der Waals surface area contributed by atoms with Gasteiger partial charge in [-0.05, 0) is 17.9 Å². The van der Waals surface area contributed by atoms with E-state index < -0.39 is 0 Å². The third-order valence-corrected chi connectivity index (χ3v) is 4.61. The number of nitrogens with one attached hydrogen (secondary N) is 1. The number of hydrogen-bond acceptors (Lipinski definition) is 9. The van der Waals surface area contributed by atoms with Crippen molar-refractivity contribution in [2.45, 2.75) is 6.42 Å². The minimum atomic E-state index is 0.218. The maximum Gasteiger partial charge on any atom is 0.320 e. The van der Waals surface area contributed by atoms with Gasteiger partial charge in [-0.15, -0.1) is 11.3 Å². The van der Waals surface area contributed by atoms with Gasteiger partial charge in [0.05, 0.1) is 43.4 Å². The van der Waals surface area contributed by atoms with Crippen LogP contribution in [0, 0.1) is 0 Å². The average molecular weight is 399 g/mol. The van der Waals surface area contributed by atoms with Gasteiger partial charge >= 0.3 is 6.01 Å². The first-order chi connectivity index (χ1) is 13.7. The molecule has 0 spiro atoms. The van der Waals surface area contributed by atoms with E-state index in [2.05, 4.69) is 26.8 Å². The highest BCUT2D eigenvalue weighted by molar-refractivity contribution is 7.13. The zero-order chi connectivity index (χ0) is 19.8. The summed E-state index contributed by atoms with van der Waals surface area (Å²) in [5.41, 5.74) is 2.16. The molecule has 0 fully saturated rings. The first kappa shape index (κ1) is 19.6. The zero-order valence-electron chi connectivity index (χ0n) is 15.7. The summed E-state index contributed by atoms with van der Waals surface area (Å²) in [5.74, 6) is 0.946. The van der Waals surface area contributed by atoms with Crippen LogP contribution in [0.2, 0.25) is 0 Å². The molecule has 0 aliphatic heterocycles. The molecule has 8 nitrogen and oxygen atoms in total. The molecule has 9 heteroatoms. The summed E-state index contributed by atoms with van der Waals surface area (Å²) < 4.78 is 15.6. The fraction of sp³-hybridized carbons (Fsp3) is 0.263. The van der Waals surface area contributed by atoms with Gasteiger partial charge in [0.25, 0.3) is 0 Å². The Kier molecular flexibility index (Phi) is 6.74. The van der Waals surface area contributed by atoms with Crippen molar-refractivity contribution < 1.29 is 14.2 Å². The second kappa shape index (κ2) is 9.65. The van der Waals surface area contributed by atoms with E-state index in [1.54, 1.807) is 30.7 Å². The molecule has 0 aromatic carbocycles. The van der Waals surface area contributed by atoms with E-state index >= 15 is 0 Å². The molecule has 0 bridgehead atoms. The van der Waals surface area contributed by atoms with Gasteiger partial charge in [0.2, 0.25) is 11.8 Å². The lowest BCUT2D eigenvalue weighted by Gasteiger charge is -2.11.